The van der Waals surface area contributed by atoms with E-state index in [2.05, 4.69) is 72.1 Å². The van der Waals surface area contributed by atoms with Crippen molar-refractivity contribution in [2.24, 2.45) is 11.8 Å². The molecule has 16 nitrogen and oxygen atoms in total. The van der Waals surface area contributed by atoms with Crippen LogP contribution in [0.4, 0.5) is 0 Å². The highest BCUT2D eigenvalue weighted by Crippen LogP contribution is 2.33. The lowest BCUT2D eigenvalue weighted by Gasteiger charge is -2.21. The molecule has 2 aromatic carbocycles. The van der Waals surface area contributed by atoms with E-state index in [1.165, 1.54) is 0 Å². The Morgan fingerprint density at radius 2 is 1.21 bits per heavy atom. The molecule has 4 fully saturated rings. The van der Waals surface area contributed by atoms with Gasteiger partial charge in [-0.05, 0) is 67.3 Å². The number of hydrogen-bond donors (Lipinski definition) is 3. The first-order valence-corrected chi connectivity index (χ1v) is 22.9. The Labute approximate surface area is 373 Å². The first-order chi connectivity index (χ1) is 30.8. The Balaban J connectivity index is 0.000000147. The van der Waals surface area contributed by atoms with Crippen LogP contribution >= 0.6 is 15.9 Å². The number of alkyl halides is 1. The summed E-state index contributed by atoms with van der Waals surface area (Å²) in [6.07, 6.45) is 6.93. The molecule has 0 radical (unpaired) electrons. The van der Waals surface area contributed by atoms with Gasteiger partial charge in [0.15, 0.2) is 11.0 Å². The SMILES string of the molecule is CC1CN(Cc2ccccc2C#N)CC1c1nn2c(C3CCOCC3)ncc2c(=O)[nH]1.CC1CNCC1c1nn2c(C3CCOCC3)ncc2c(=O)[nH]1.N#Cc1ccccc1CBr. The lowest BCUT2D eigenvalue weighted by molar-refractivity contribution is 0.0831. The van der Waals surface area contributed by atoms with Gasteiger partial charge in [-0.15, -0.1) is 0 Å². The fourth-order valence-corrected chi connectivity index (χ4v) is 9.64. The minimum atomic E-state index is -0.142. The van der Waals surface area contributed by atoms with E-state index in [-0.39, 0.29) is 28.9 Å². The summed E-state index contributed by atoms with van der Waals surface area (Å²) in [7, 11) is 0. The standard InChI is InChI=1S/C23H26N6O2.C15H21N5O2.C8H6BrN/c1-15-12-28(13-18-5-3-2-4-17(18)10-24)14-19(15)21-26-23(30)20-11-25-22(29(20)27-21)16-6-8-31-9-7-16;1-9-6-16-7-11(9)13-18-15(21)12-8-17-14(20(12)19-13)10-2-4-22-5-3-10;9-5-7-3-1-2-4-8(7)6-10/h2-5,11,15-16,19H,6-9,12-14H2,1H3,(H,26,27,30);8-11,16H,2-7H2,1H3,(H,18,19,21);1-4H,5H2. The van der Waals surface area contributed by atoms with Gasteiger partial charge in [-0.3, -0.25) is 14.5 Å². The molecule has 0 aliphatic carbocycles. The van der Waals surface area contributed by atoms with E-state index in [0.717, 1.165) is 111 Å². The van der Waals surface area contributed by atoms with Crippen molar-refractivity contribution in [1.82, 2.24) is 49.4 Å². The Kier molecular flexibility index (Phi) is 14.2. The predicted molar refractivity (Wildman–Crippen MR) is 240 cm³/mol. The maximum Gasteiger partial charge on any atom is 0.276 e. The number of nitrogens with zero attached hydrogens (tertiary/aromatic N) is 9. The van der Waals surface area contributed by atoms with Gasteiger partial charge >= 0.3 is 0 Å². The highest BCUT2D eigenvalue weighted by molar-refractivity contribution is 9.08. The Hall–Kier alpha value is -5.56. The summed E-state index contributed by atoms with van der Waals surface area (Å²) in [6.45, 7) is 11.5. The van der Waals surface area contributed by atoms with Crippen molar-refractivity contribution in [3.63, 3.8) is 0 Å². The van der Waals surface area contributed by atoms with Gasteiger partial charge in [-0.25, -0.2) is 19.0 Å². The maximum atomic E-state index is 12.8. The third kappa shape index (κ3) is 9.83. The number of H-pyrrole nitrogens is 2. The quantitative estimate of drug-likeness (QED) is 0.170. The van der Waals surface area contributed by atoms with E-state index in [1.807, 2.05) is 48.5 Å². The van der Waals surface area contributed by atoms with Crippen molar-refractivity contribution < 1.29 is 9.47 Å². The summed E-state index contributed by atoms with van der Waals surface area (Å²) < 4.78 is 14.4. The molecular formula is C46H53BrN12O4. The molecule has 0 spiro atoms. The number of nitrogens with one attached hydrogen (secondary N) is 3. The van der Waals surface area contributed by atoms with Crippen molar-refractivity contribution in [2.75, 3.05) is 52.6 Å². The number of likely N-dealkylation sites (tertiary alicyclic amines) is 1. The van der Waals surface area contributed by atoms with E-state index in [1.54, 1.807) is 21.4 Å². The second-order valence-corrected chi connectivity index (χ2v) is 17.5. The van der Waals surface area contributed by atoms with Crippen LogP contribution in [0, 0.1) is 34.5 Å². The van der Waals surface area contributed by atoms with Crippen LogP contribution < -0.4 is 16.4 Å². The van der Waals surface area contributed by atoms with Crippen LogP contribution in [0.15, 0.2) is 70.5 Å². The minimum Gasteiger partial charge on any atom is -0.381 e. The molecule has 0 amide bonds. The van der Waals surface area contributed by atoms with Crippen LogP contribution in [-0.4, -0.2) is 96.7 Å². The highest BCUT2D eigenvalue weighted by atomic mass is 79.9. The lowest BCUT2D eigenvalue weighted by Crippen LogP contribution is -2.24. The third-order valence-corrected chi connectivity index (χ3v) is 13.4. The molecule has 63 heavy (non-hydrogen) atoms. The summed E-state index contributed by atoms with van der Waals surface area (Å²) in [5.74, 6) is 4.99. The number of nitriles is 2. The molecule has 6 aromatic rings. The molecule has 3 N–H and O–H groups in total. The average molecular weight is 918 g/mol. The fourth-order valence-electron chi connectivity index (χ4n) is 9.15. The number of ether oxygens (including phenoxy) is 2. The van der Waals surface area contributed by atoms with Gasteiger partial charge in [-0.2, -0.15) is 20.7 Å². The van der Waals surface area contributed by atoms with E-state index in [9.17, 15) is 14.9 Å². The first-order valence-electron chi connectivity index (χ1n) is 21.8. The lowest BCUT2D eigenvalue weighted by atomic mass is 9.97. The summed E-state index contributed by atoms with van der Waals surface area (Å²) in [5.41, 5.74) is 4.33. The van der Waals surface area contributed by atoms with Crippen molar-refractivity contribution in [1.29, 1.82) is 10.5 Å². The second kappa shape index (κ2) is 20.3. The molecule has 4 saturated heterocycles. The van der Waals surface area contributed by atoms with Gasteiger partial charge in [0.05, 0.1) is 35.7 Å². The number of fused-ring (bicyclic) bond motifs is 2. The second-order valence-electron chi connectivity index (χ2n) is 17.0. The molecule has 4 aliphatic heterocycles. The van der Waals surface area contributed by atoms with Crippen LogP contribution in [0.25, 0.3) is 11.0 Å². The fraction of sp³-hybridized carbons (Fsp3) is 0.478. The molecule has 17 heteroatoms. The minimum absolute atomic E-state index is 0.102. The maximum absolute atomic E-state index is 12.8. The normalized spacial score (nSPS) is 21.9. The average Bonchev–Trinajstić information content (AvgIpc) is 4.14. The van der Waals surface area contributed by atoms with E-state index >= 15 is 0 Å². The topological polar surface area (TPSA) is 207 Å². The van der Waals surface area contributed by atoms with Gasteiger partial charge in [0.2, 0.25) is 0 Å². The van der Waals surface area contributed by atoms with E-state index in [0.29, 0.717) is 53.4 Å². The van der Waals surface area contributed by atoms with Gasteiger partial charge in [0.1, 0.15) is 23.3 Å². The zero-order valence-corrected chi connectivity index (χ0v) is 37.3. The number of halogens is 1. The van der Waals surface area contributed by atoms with Crippen LogP contribution in [0.3, 0.4) is 0 Å². The Morgan fingerprint density at radius 1 is 0.698 bits per heavy atom. The third-order valence-electron chi connectivity index (χ3n) is 12.8. The number of hydrogen-bond acceptors (Lipinski definition) is 12. The number of imidazole rings is 2. The monoisotopic (exact) mass is 916 g/mol. The molecule has 8 heterocycles. The number of rotatable bonds is 7. The van der Waals surface area contributed by atoms with Crippen LogP contribution in [-0.2, 0) is 21.3 Å². The van der Waals surface area contributed by atoms with Gasteiger partial charge < -0.3 is 24.8 Å². The van der Waals surface area contributed by atoms with Crippen molar-refractivity contribution >= 4 is 27.0 Å². The molecule has 328 valence electrons. The van der Waals surface area contributed by atoms with Gasteiger partial charge in [0, 0.05) is 81.6 Å². The smallest absolute Gasteiger partial charge is 0.276 e. The highest BCUT2D eigenvalue weighted by Gasteiger charge is 2.34. The van der Waals surface area contributed by atoms with Crippen LogP contribution in [0.2, 0.25) is 0 Å². The Morgan fingerprint density at radius 3 is 1.70 bits per heavy atom. The van der Waals surface area contributed by atoms with Crippen LogP contribution in [0.5, 0.6) is 0 Å². The first kappa shape index (κ1) is 44.1. The van der Waals surface area contributed by atoms with E-state index < -0.39 is 0 Å². The molecule has 4 atom stereocenters. The predicted octanol–water partition coefficient (Wildman–Crippen LogP) is 5.51. The van der Waals surface area contributed by atoms with E-state index in [4.69, 9.17) is 24.9 Å². The molecule has 0 bridgehead atoms. The number of benzene rings is 2. The van der Waals surface area contributed by atoms with Gasteiger partial charge in [-0.1, -0.05) is 66.2 Å². The molecule has 4 aromatic heterocycles. The number of aromatic amines is 2. The summed E-state index contributed by atoms with van der Waals surface area (Å²) in [5, 5.41) is 31.6. The van der Waals surface area contributed by atoms with Crippen molar-refractivity contribution in [2.45, 2.75) is 75.1 Å². The zero-order chi connectivity index (χ0) is 43.9. The molecule has 4 aliphatic rings. The largest absolute Gasteiger partial charge is 0.381 e. The summed E-state index contributed by atoms with van der Waals surface area (Å²) in [4.78, 5) is 42.5. The molecule has 4 unspecified atom stereocenters. The number of aromatic nitrogens is 8. The van der Waals surface area contributed by atoms with Crippen molar-refractivity contribution in [3.8, 4) is 12.1 Å². The molecule has 0 saturated carbocycles. The summed E-state index contributed by atoms with van der Waals surface area (Å²) in [6, 6.07) is 19.7. The van der Waals surface area contributed by atoms with Crippen molar-refractivity contribution in [3.05, 3.63) is 127 Å². The summed E-state index contributed by atoms with van der Waals surface area (Å²) >= 11 is 3.30. The Bertz CT molecular complexity index is 2720. The van der Waals surface area contributed by atoms with Crippen LogP contribution in [0.1, 0.15) is 109 Å². The molecule has 10 rings (SSSR count). The van der Waals surface area contributed by atoms with Gasteiger partial charge in [0.25, 0.3) is 11.1 Å². The zero-order valence-electron chi connectivity index (χ0n) is 35.7. The molecular weight excluding hydrogens is 864 g/mol.